The monoisotopic (exact) mass is 536 g/mol. The first-order valence-corrected chi connectivity index (χ1v) is 13.2. The van der Waals surface area contributed by atoms with Gasteiger partial charge in [0.1, 0.15) is 0 Å². The number of hydrogen-bond acceptors (Lipinski definition) is 6. The van der Waals surface area contributed by atoms with Crippen molar-refractivity contribution in [3.8, 4) is 0 Å². The van der Waals surface area contributed by atoms with Crippen molar-refractivity contribution in [3.63, 3.8) is 0 Å². The van der Waals surface area contributed by atoms with E-state index >= 15 is 0 Å². The Kier molecular flexibility index (Phi) is 5.56. The van der Waals surface area contributed by atoms with Crippen LogP contribution in [0.15, 0.2) is 39.9 Å². The molecule has 1 heterocycles. The van der Waals surface area contributed by atoms with Gasteiger partial charge in [-0.1, -0.05) is 19.4 Å². The summed E-state index contributed by atoms with van der Waals surface area (Å²) in [5.74, 6) is -4.26. The summed E-state index contributed by atoms with van der Waals surface area (Å²) in [7, 11) is 0. The zero-order valence-corrected chi connectivity index (χ0v) is 21.9. The van der Waals surface area contributed by atoms with Crippen LogP contribution in [0.25, 0.3) is 0 Å². The fourth-order valence-electron chi connectivity index (χ4n) is 8.83. The number of carbonyl (C=O) groups excluding carboxylic acids is 2. The average Bonchev–Trinajstić information content (AvgIpc) is 3.40. The number of carboxylic acids is 1. The maximum Gasteiger partial charge on any atom is 0.372 e. The van der Waals surface area contributed by atoms with Crippen molar-refractivity contribution in [2.45, 2.75) is 63.2 Å². The predicted octanol–water partition coefficient (Wildman–Crippen LogP) is 5.71. The van der Waals surface area contributed by atoms with Crippen LogP contribution in [0.5, 0.6) is 0 Å². The van der Waals surface area contributed by atoms with Crippen molar-refractivity contribution in [1.82, 2.24) is 0 Å². The molecule has 1 aromatic heterocycles. The minimum atomic E-state index is -1.24. The van der Waals surface area contributed by atoms with Crippen LogP contribution in [0.1, 0.15) is 69.0 Å². The molecule has 2 unspecified atom stereocenters. The van der Waals surface area contributed by atoms with Gasteiger partial charge in [0.25, 0.3) is 0 Å². The third-order valence-corrected chi connectivity index (χ3v) is 11.5. The SMILES string of the molecule is C[C@@H]1CC2C3CCC4=CC(O)=C(O)C(=O)[C@]4(C)[C@@]3(Cl)CC[C@]2(C)[C@@]1(C(=O)CCl)c1ccoc1C(=O)O. The van der Waals surface area contributed by atoms with Gasteiger partial charge in [-0.05, 0) is 74.3 Å². The molecule has 0 radical (unpaired) electrons. The maximum absolute atomic E-state index is 13.8. The lowest BCUT2D eigenvalue weighted by Gasteiger charge is -2.62. The quantitative estimate of drug-likeness (QED) is 0.420. The molecule has 3 saturated carbocycles. The lowest BCUT2D eigenvalue weighted by atomic mass is 9.43. The highest BCUT2D eigenvalue weighted by Gasteiger charge is 2.74. The molecule has 7 nitrogen and oxygen atoms in total. The number of fused-ring (bicyclic) bond motifs is 5. The molecule has 0 saturated heterocycles. The van der Waals surface area contributed by atoms with E-state index in [9.17, 15) is 29.7 Å². The second kappa shape index (κ2) is 7.87. The van der Waals surface area contributed by atoms with Crippen LogP contribution in [0.4, 0.5) is 0 Å². The van der Waals surface area contributed by atoms with E-state index in [1.165, 1.54) is 12.3 Å². The molecular weight excluding hydrogens is 507 g/mol. The molecular formula is C27H30Cl2O7. The number of rotatable bonds is 4. The third-order valence-electron chi connectivity index (χ3n) is 10.4. The molecule has 0 aliphatic heterocycles. The van der Waals surface area contributed by atoms with Crippen molar-refractivity contribution in [2.75, 3.05) is 5.88 Å². The molecule has 9 heteroatoms. The summed E-state index contributed by atoms with van der Waals surface area (Å²) < 4.78 is 5.35. The van der Waals surface area contributed by atoms with E-state index in [2.05, 4.69) is 0 Å². The highest BCUT2D eigenvalue weighted by molar-refractivity contribution is 6.30. The number of ketones is 2. The lowest BCUT2D eigenvalue weighted by molar-refractivity contribution is -0.138. The van der Waals surface area contributed by atoms with Crippen LogP contribution in [0, 0.1) is 28.6 Å². The fraction of sp³-hybridized carbons (Fsp3) is 0.593. The molecule has 0 spiro atoms. The van der Waals surface area contributed by atoms with E-state index in [0.717, 1.165) is 0 Å². The van der Waals surface area contributed by atoms with E-state index < -0.39 is 44.4 Å². The Morgan fingerprint density at radius 1 is 1.19 bits per heavy atom. The van der Waals surface area contributed by atoms with Crippen LogP contribution < -0.4 is 0 Å². The van der Waals surface area contributed by atoms with Gasteiger partial charge in [-0.15, -0.1) is 23.2 Å². The van der Waals surface area contributed by atoms with E-state index in [1.807, 2.05) is 13.8 Å². The van der Waals surface area contributed by atoms with Gasteiger partial charge in [-0.25, -0.2) is 4.79 Å². The fourth-order valence-corrected chi connectivity index (χ4v) is 9.61. The van der Waals surface area contributed by atoms with Crippen molar-refractivity contribution in [1.29, 1.82) is 0 Å². The number of hydrogen-bond donors (Lipinski definition) is 3. The molecule has 3 N–H and O–H groups in total. The number of furan rings is 1. The van der Waals surface area contributed by atoms with Gasteiger partial charge in [0.05, 0.1) is 27.8 Å². The lowest BCUT2D eigenvalue weighted by Crippen LogP contribution is -2.65. The summed E-state index contributed by atoms with van der Waals surface area (Å²) in [6, 6.07) is 1.58. The van der Waals surface area contributed by atoms with E-state index in [4.69, 9.17) is 27.6 Å². The molecule has 194 valence electrons. The number of aliphatic hydroxyl groups is 2. The molecule has 0 aromatic carbocycles. The summed E-state index contributed by atoms with van der Waals surface area (Å²) >= 11 is 13.7. The Morgan fingerprint density at radius 2 is 1.89 bits per heavy atom. The molecule has 4 aliphatic carbocycles. The zero-order chi connectivity index (χ0) is 26.4. The van der Waals surface area contributed by atoms with Crippen LogP contribution in [-0.4, -0.2) is 43.6 Å². The van der Waals surface area contributed by atoms with Crippen molar-refractivity contribution < 1.29 is 34.1 Å². The van der Waals surface area contributed by atoms with E-state index in [1.54, 1.807) is 13.0 Å². The molecule has 5 rings (SSSR count). The Balaban J connectivity index is 1.68. The molecule has 4 aliphatic rings. The van der Waals surface area contributed by atoms with Gasteiger partial charge in [0.15, 0.2) is 11.5 Å². The number of halogens is 2. The van der Waals surface area contributed by atoms with Gasteiger partial charge in [-0.2, -0.15) is 0 Å². The Hall–Kier alpha value is -2.25. The smallest absolute Gasteiger partial charge is 0.372 e. The first-order chi connectivity index (χ1) is 16.8. The van der Waals surface area contributed by atoms with Gasteiger partial charge in [0, 0.05) is 5.56 Å². The van der Waals surface area contributed by atoms with Crippen LogP contribution in [0.3, 0.4) is 0 Å². The number of Topliss-reactive ketones (excluding diaryl/α,β-unsaturated/α-hetero) is 2. The Bertz CT molecular complexity index is 1250. The largest absolute Gasteiger partial charge is 0.504 e. The Labute approximate surface area is 219 Å². The van der Waals surface area contributed by atoms with E-state index in [0.29, 0.717) is 43.2 Å². The van der Waals surface area contributed by atoms with Crippen LogP contribution in [-0.2, 0) is 15.0 Å². The second-order valence-electron chi connectivity index (χ2n) is 11.4. The Morgan fingerprint density at radius 3 is 2.53 bits per heavy atom. The number of allylic oxidation sites excluding steroid dienone is 3. The van der Waals surface area contributed by atoms with Crippen molar-refractivity contribution in [3.05, 3.63) is 46.8 Å². The topological polar surface area (TPSA) is 125 Å². The van der Waals surface area contributed by atoms with Crippen molar-refractivity contribution in [2.24, 2.45) is 28.6 Å². The molecule has 36 heavy (non-hydrogen) atoms. The highest BCUT2D eigenvalue weighted by Crippen LogP contribution is 2.74. The summed E-state index contributed by atoms with van der Waals surface area (Å²) in [4.78, 5) is 38.3. The third kappa shape index (κ3) is 2.68. The van der Waals surface area contributed by atoms with Crippen LogP contribution in [0.2, 0.25) is 0 Å². The molecule has 7 atom stereocenters. The van der Waals surface area contributed by atoms with Gasteiger partial charge < -0.3 is 19.7 Å². The number of carbonyl (C=O) groups is 3. The minimum absolute atomic E-state index is 0.115. The average molecular weight is 537 g/mol. The number of alkyl halides is 2. The van der Waals surface area contributed by atoms with Crippen molar-refractivity contribution >= 4 is 40.7 Å². The van der Waals surface area contributed by atoms with E-state index in [-0.39, 0.29) is 35.2 Å². The second-order valence-corrected chi connectivity index (χ2v) is 12.3. The molecule has 3 fully saturated rings. The summed E-state index contributed by atoms with van der Waals surface area (Å²) in [6.07, 6.45) is 5.34. The number of aromatic carboxylic acids is 1. The molecule has 0 bridgehead atoms. The van der Waals surface area contributed by atoms with Crippen LogP contribution >= 0.6 is 23.2 Å². The zero-order valence-electron chi connectivity index (χ0n) is 20.4. The highest BCUT2D eigenvalue weighted by atomic mass is 35.5. The molecule has 1 aromatic rings. The maximum atomic E-state index is 13.8. The summed E-state index contributed by atoms with van der Waals surface area (Å²) in [5, 5.41) is 30.4. The number of aliphatic hydroxyl groups excluding tert-OH is 2. The first kappa shape index (κ1) is 25.4. The minimum Gasteiger partial charge on any atom is -0.504 e. The molecule has 0 amide bonds. The first-order valence-electron chi connectivity index (χ1n) is 12.3. The number of carboxylic acid groups (broad SMARTS) is 1. The van der Waals surface area contributed by atoms with Gasteiger partial charge in [-0.3, -0.25) is 9.59 Å². The summed E-state index contributed by atoms with van der Waals surface area (Å²) in [5.41, 5.74) is -2.03. The van der Waals surface area contributed by atoms with Gasteiger partial charge >= 0.3 is 5.97 Å². The predicted molar refractivity (Wildman–Crippen MR) is 132 cm³/mol. The normalized spacial score (nSPS) is 41.9. The summed E-state index contributed by atoms with van der Waals surface area (Å²) in [6.45, 7) is 5.73. The van der Waals surface area contributed by atoms with Gasteiger partial charge in [0.2, 0.25) is 17.3 Å². The standard InChI is InChI=1S/C27H30Cl2O7/c1-13-10-17-15-5-4-14-11-18(30)20(32)22(33)25(14,3)26(15,29)8-7-24(17,2)27(13,19(31)12-28)16-6-9-36-21(16)23(34)35/h6,9,11,13,15,17,30,32H,4-5,7-8,10,12H2,1-3H3,(H,34,35)/t13-,15?,17?,24+,25-,26-,27-/m1/s1.